The molecular formula is C14H22BrNS. The summed E-state index contributed by atoms with van der Waals surface area (Å²) in [7, 11) is 0. The van der Waals surface area contributed by atoms with Crippen LogP contribution in [0.3, 0.4) is 0 Å². The van der Waals surface area contributed by atoms with Crippen LogP contribution in [0.15, 0.2) is 33.6 Å². The second-order valence-corrected chi connectivity index (χ2v) is 6.91. The van der Waals surface area contributed by atoms with Gasteiger partial charge >= 0.3 is 0 Å². The summed E-state index contributed by atoms with van der Waals surface area (Å²) < 4.78 is 1.14. The van der Waals surface area contributed by atoms with E-state index < -0.39 is 0 Å². The smallest absolute Gasteiger partial charge is 0.0191 e. The lowest BCUT2D eigenvalue weighted by Crippen LogP contribution is -2.31. The molecule has 0 aliphatic rings. The van der Waals surface area contributed by atoms with Crippen molar-refractivity contribution < 1.29 is 0 Å². The normalized spacial score (nSPS) is 14.6. The SMILES string of the molecule is CCCC(C)NCC(C)Sc1ccc(Br)cc1. The largest absolute Gasteiger partial charge is 0.313 e. The summed E-state index contributed by atoms with van der Waals surface area (Å²) >= 11 is 5.39. The number of benzene rings is 1. The topological polar surface area (TPSA) is 12.0 Å². The highest BCUT2D eigenvalue weighted by atomic mass is 79.9. The zero-order chi connectivity index (χ0) is 12.7. The quantitative estimate of drug-likeness (QED) is 0.731. The molecule has 1 N–H and O–H groups in total. The number of halogens is 1. The van der Waals surface area contributed by atoms with Crippen LogP contribution in [0.1, 0.15) is 33.6 Å². The summed E-state index contributed by atoms with van der Waals surface area (Å²) in [5.74, 6) is 0. The minimum atomic E-state index is 0.607. The average Bonchev–Trinajstić information content (AvgIpc) is 2.30. The number of hydrogen-bond donors (Lipinski definition) is 1. The second kappa shape index (κ2) is 8.17. The summed E-state index contributed by atoms with van der Waals surface area (Å²) in [4.78, 5) is 1.34. The van der Waals surface area contributed by atoms with E-state index >= 15 is 0 Å². The maximum Gasteiger partial charge on any atom is 0.0191 e. The summed E-state index contributed by atoms with van der Waals surface area (Å²) in [6.45, 7) is 7.85. The summed E-state index contributed by atoms with van der Waals surface area (Å²) in [5.41, 5.74) is 0. The molecule has 0 radical (unpaired) electrons. The first kappa shape index (κ1) is 15.1. The highest BCUT2D eigenvalue weighted by Gasteiger charge is 2.06. The van der Waals surface area contributed by atoms with Crippen molar-refractivity contribution in [2.45, 2.75) is 49.8 Å². The first-order valence-corrected chi connectivity index (χ1v) is 7.94. The van der Waals surface area contributed by atoms with Crippen LogP contribution in [-0.4, -0.2) is 17.8 Å². The maximum atomic E-state index is 3.58. The third-order valence-electron chi connectivity index (χ3n) is 2.63. The minimum Gasteiger partial charge on any atom is -0.313 e. The first-order valence-electron chi connectivity index (χ1n) is 6.27. The molecule has 3 heteroatoms. The molecule has 17 heavy (non-hydrogen) atoms. The summed E-state index contributed by atoms with van der Waals surface area (Å²) in [5, 5.41) is 4.19. The monoisotopic (exact) mass is 315 g/mol. The van der Waals surface area contributed by atoms with Gasteiger partial charge in [-0.05, 0) is 37.6 Å². The van der Waals surface area contributed by atoms with E-state index in [4.69, 9.17) is 0 Å². The van der Waals surface area contributed by atoms with Crippen LogP contribution in [0.25, 0.3) is 0 Å². The first-order chi connectivity index (χ1) is 8.11. The van der Waals surface area contributed by atoms with Crippen LogP contribution < -0.4 is 5.32 Å². The molecule has 1 aromatic carbocycles. The van der Waals surface area contributed by atoms with Crippen LogP contribution in [0.5, 0.6) is 0 Å². The Bertz CT molecular complexity index is 313. The Balaban J connectivity index is 2.29. The molecule has 0 spiro atoms. The molecule has 1 rings (SSSR count). The maximum absolute atomic E-state index is 3.58. The molecule has 0 saturated heterocycles. The fourth-order valence-electron chi connectivity index (χ4n) is 1.69. The fraction of sp³-hybridized carbons (Fsp3) is 0.571. The molecule has 0 fully saturated rings. The van der Waals surface area contributed by atoms with E-state index in [-0.39, 0.29) is 0 Å². The molecule has 1 aromatic rings. The van der Waals surface area contributed by atoms with Crippen LogP contribution in [0.4, 0.5) is 0 Å². The minimum absolute atomic E-state index is 0.607. The average molecular weight is 316 g/mol. The van der Waals surface area contributed by atoms with Crippen molar-refractivity contribution in [1.82, 2.24) is 5.32 Å². The molecule has 1 nitrogen and oxygen atoms in total. The van der Waals surface area contributed by atoms with E-state index in [9.17, 15) is 0 Å². The highest BCUT2D eigenvalue weighted by molar-refractivity contribution is 9.10. The van der Waals surface area contributed by atoms with E-state index in [0.29, 0.717) is 11.3 Å². The lowest BCUT2D eigenvalue weighted by Gasteiger charge is -2.17. The Morgan fingerprint density at radius 1 is 1.24 bits per heavy atom. The second-order valence-electron chi connectivity index (χ2n) is 4.48. The van der Waals surface area contributed by atoms with Crippen molar-refractivity contribution in [3.05, 3.63) is 28.7 Å². The fourth-order valence-corrected chi connectivity index (χ4v) is 2.89. The van der Waals surface area contributed by atoms with E-state index in [1.54, 1.807) is 0 Å². The summed E-state index contributed by atoms with van der Waals surface area (Å²) in [6, 6.07) is 9.17. The molecule has 0 aliphatic heterocycles. The molecule has 2 unspecified atom stereocenters. The van der Waals surface area contributed by atoms with E-state index in [0.717, 1.165) is 11.0 Å². The predicted molar refractivity (Wildman–Crippen MR) is 81.8 cm³/mol. The van der Waals surface area contributed by atoms with Gasteiger partial charge in [-0.2, -0.15) is 0 Å². The van der Waals surface area contributed by atoms with Gasteiger partial charge in [-0.15, -0.1) is 11.8 Å². The number of rotatable bonds is 7. The predicted octanol–water partition coefficient (Wildman–Crippen LogP) is 4.71. The molecule has 96 valence electrons. The van der Waals surface area contributed by atoms with Gasteiger partial charge in [0, 0.05) is 27.2 Å². The zero-order valence-corrected chi connectivity index (χ0v) is 13.3. The van der Waals surface area contributed by atoms with Crippen LogP contribution in [0.2, 0.25) is 0 Å². The molecular weight excluding hydrogens is 294 g/mol. The van der Waals surface area contributed by atoms with Crippen LogP contribution in [0, 0.1) is 0 Å². The van der Waals surface area contributed by atoms with Gasteiger partial charge in [0.25, 0.3) is 0 Å². The van der Waals surface area contributed by atoms with Crippen molar-refractivity contribution in [2.75, 3.05) is 6.54 Å². The highest BCUT2D eigenvalue weighted by Crippen LogP contribution is 2.24. The van der Waals surface area contributed by atoms with E-state index in [1.807, 2.05) is 11.8 Å². The van der Waals surface area contributed by atoms with Crippen molar-refractivity contribution >= 4 is 27.7 Å². The standard InChI is InChI=1S/C14H22BrNS/c1-4-5-11(2)16-10-12(3)17-14-8-6-13(15)7-9-14/h6-9,11-12,16H,4-5,10H2,1-3H3. The number of hydrogen-bond acceptors (Lipinski definition) is 2. The van der Waals surface area contributed by atoms with Gasteiger partial charge in [-0.25, -0.2) is 0 Å². The molecule has 0 amide bonds. The Hall–Kier alpha value is 0.01000. The lowest BCUT2D eigenvalue weighted by molar-refractivity contribution is 0.511. The lowest BCUT2D eigenvalue weighted by atomic mass is 10.2. The van der Waals surface area contributed by atoms with Crippen molar-refractivity contribution in [3.63, 3.8) is 0 Å². The van der Waals surface area contributed by atoms with E-state index in [2.05, 4.69) is 66.3 Å². The molecule has 0 bridgehead atoms. The van der Waals surface area contributed by atoms with E-state index in [1.165, 1.54) is 17.7 Å². The van der Waals surface area contributed by atoms with Crippen LogP contribution in [-0.2, 0) is 0 Å². The van der Waals surface area contributed by atoms with Crippen molar-refractivity contribution in [2.24, 2.45) is 0 Å². The third kappa shape index (κ3) is 6.49. The van der Waals surface area contributed by atoms with Gasteiger partial charge in [0.1, 0.15) is 0 Å². The summed E-state index contributed by atoms with van der Waals surface area (Å²) in [6.07, 6.45) is 2.51. The van der Waals surface area contributed by atoms with Gasteiger partial charge < -0.3 is 5.32 Å². The van der Waals surface area contributed by atoms with Gasteiger partial charge in [0.05, 0.1) is 0 Å². The molecule has 0 aliphatic carbocycles. The van der Waals surface area contributed by atoms with Gasteiger partial charge in [0.2, 0.25) is 0 Å². The Labute approximate surface area is 118 Å². The van der Waals surface area contributed by atoms with Crippen molar-refractivity contribution in [3.8, 4) is 0 Å². The van der Waals surface area contributed by atoms with Gasteiger partial charge in [0.15, 0.2) is 0 Å². The van der Waals surface area contributed by atoms with Crippen molar-refractivity contribution in [1.29, 1.82) is 0 Å². The Kier molecular flexibility index (Phi) is 7.24. The third-order valence-corrected chi connectivity index (χ3v) is 4.27. The number of nitrogens with one attached hydrogen (secondary N) is 1. The molecule has 0 saturated carbocycles. The molecule has 0 aromatic heterocycles. The van der Waals surface area contributed by atoms with Gasteiger partial charge in [-0.1, -0.05) is 36.2 Å². The number of thioether (sulfide) groups is 1. The van der Waals surface area contributed by atoms with Crippen LogP contribution >= 0.6 is 27.7 Å². The van der Waals surface area contributed by atoms with Gasteiger partial charge in [-0.3, -0.25) is 0 Å². The Morgan fingerprint density at radius 3 is 2.47 bits per heavy atom. The Morgan fingerprint density at radius 2 is 1.88 bits per heavy atom. The molecule has 2 atom stereocenters. The zero-order valence-electron chi connectivity index (χ0n) is 10.9. The molecule has 0 heterocycles.